The fourth-order valence-electron chi connectivity index (χ4n) is 3.74. The van der Waals surface area contributed by atoms with Gasteiger partial charge in [0.1, 0.15) is 10.8 Å². The highest BCUT2D eigenvalue weighted by atomic mass is 19.4. The summed E-state index contributed by atoms with van der Waals surface area (Å²) in [5, 5.41) is 44.4. The van der Waals surface area contributed by atoms with Crippen molar-refractivity contribution in [3.63, 3.8) is 0 Å². The van der Waals surface area contributed by atoms with Crippen LogP contribution >= 0.6 is 0 Å². The SMILES string of the molecule is N#CC(C#N)(CCCCCO)CCC(F)(F)F.N#CC(C#N)(CCCCCOCc1ccccc1)CCC(F)(F)F. The third kappa shape index (κ3) is 18.6. The van der Waals surface area contributed by atoms with Crippen molar-refractivity contribution in [2.75, 3.05) is 13.2 Å². The Kier molecular flexibility index (Phi) is 18.1. The van der Waals surface area contributed by atoms with Gasteiger partial charge in [0.2, 0.25) is 0 Å². The first-order valence-electron chi connectivity index (χ1n) is 13.3. The van der Waals surface area contributed by atoms with Crippen LogP contribution in [0.4, 0.5) is 26.3 Å². The number of unbranched alkanes of at least 4 members (excludes halogenated alkanes) is 4. The van der Waals surface area contributed by atoms with E-state index in [0.29, 0.717) is 45.3 Å². The van der Waals surface area contributed by atoms with Crippen molar-refractivity contribution in [2.24, 2.45) is 10.8 Å². The van der Waals surface area contributed by atoms with Gasteiger partial charge < -0.3 is 9.84 Å². The maximum atomic E-state index is 12.3. The third-order valence-electron chi connectivity index (χ3n) is 6.29. The Balaban J connectivity index is 0.000000831. The predicted octanol–water partition coefficient (Wildman–Crippen LogP) is 8.05. The van der Waals surface area contributed by atoms with Crippen LogP contribution in [0.5, 0.6) is 0 Å². The largest absolute Gasteiger partial charge is 0.396 e. The molecule has 0 aliphatic heterocycles. The standard InChI is InChI=1S/C18H21F3N2O.C11H15F3N2O/c19-18(20,21)11-10-17(14-22,15-23)9-5-2-6-12-24-13-16-7-3-1-4-8-16;12-11(13,14)6-5-10(8-15,9-16)4-2-1-3-7-17/h1,3-4,7-8H,2,5-6,9-13H2;17H,1-7H2. The van der Waals surface area contributed by atoms with Crippen LogP contribution in [0, 0.1) is 56.2 Å². The molecule has 1 aromatic carbocycles. The Bertz CT molecular complexity index is 990. The highest BCUT2D eigenvalue weighted by molar-refractivity contribution is 5.14. The van der Waals surface area contributed by atoms with Crippen molar-refractivity contribution >= 4 is 0 Å². The Hall–Kier alpha value is -3.32. The number of benzene rings is 1. The van der Waals surface area contributed by atoms with Gasteiger partial charge in [0.25, 0.3) is 0 Å². The van der Waals surface area contributed by atoms with E-state index in [1.54, 1.807) is 24.3 Å². The van der Waals surface area contributed by atoms with E-state index in [0.717, 1.165) is 12.0 Å². The molecule has 12 heteroatoms. The van der Waals surface area contributed by atoms with Crippen molar-refractivity contribution in [1.82, 2.24) is 0 Å². The fraction of sp³-hybridized carbons (Fsp3) is 0.655. The molecule has 0 bridgehead atoms. The molecule has 1 N–H and O–H groups in total. The highest BCUT2D eigenvalue weighted by Gasteiger charge is 2.37. The van der Waals surface area contributed by atoms with Crippen LogP contribution in [-0.2, 0) is 11.3 Å². The van der Waals surface area contributed by atoms with Gasteiger partial charge in [0.05, 0.1) is 30.9 Å². The molecule has 0 radical (unpaired) electrons. The quantitative estimate of drug-likeness (QED) is 0.145. The van der Waals surface area contributed by atoms with Crippen molar-refractivity contribution in [3.8, 4) is 24.3 Å². The van der Waals surface area contributed by atoms with E-state index in [-0.39, 0.29) is 19.4 Å². The first-order chi connectivity index (χ1) is 19.3. The second-order valence-electron chi connectivity index (χ2n) is 9.72. The van der Waals surface area contributed by atoms with E-state index in [1.165, 1.54) is 0 Å². The van der Waals surface area contributed by atoms with E-state index >= 15 is 0 Å². The molecule has 0 spiro atoms. The number of aliphatic hydroxyl groups is 1. The fourth-order valence-corrected chi connectivity index (χ4v) is 3.74. The molecular formula is C29H36F6N4O2. The topological polar surface area (TPSA) is 125 Å². The summed E-state index contributed by atoms with van der Waals surface area (Å²) in [7, 11) is 0. The lowest BCUT2D eigenvalue weighted by atomic mass is 9.81. The molecule has 0 aromatic heterocycles. The van der Waals surface area contributed by atoms with Crippen molar-refractivity contribution < 1.29 is 36.2 Å². The van der Waals surface area contributed by atoms with E-state index in [4.69, 9.17) is 30.9 Å². The molecule has 0 saturated carbocycles. The number of rotatable bonds is 17. The van der Waals surface area contributed by atoms with Crippen molar-refractivity contribution in [1.29, 1.82) is 21.0 Å². The van der Waals surface area contributed by atoms with Gasteiger partial charge in [-0.25, -0.2) is 0 Å². The van der Waals surface area contributed by atoms with Gasteiger partial charge in [-0.05, 0) is 44.1 Å². The molecule has 0 unspecified atom stereocenters. The summed E-state index contributed by atoms with van der Waals surface area (Å²) in [6, 6.07) is 16.7. The number of halogens is 6. The van der Waals surface area contributed by atoms with Crippen LogP contribution in [0.3, 0.4) is 0 Å². The van der Waals surface area contributed by atoms with Gasteiger partial charge in [0.15, 0.2) is 0 Å². The summed E-state index contributed by atoms with van der Waals surface area (Å²) in [6.07, 6.45) is -7.96. The maximum absolute atomic E-state index is 12.3. The molecule has 0 aliphatic rings. The van der Waals surface area contributed by atoms with Crippen LogP contribution in [0.1, 0.15) is 82.6 Å². The second-order valence-corrected chi connectivity index (χ2v) is 9.72. The van der Waals surface area contributed by atoms with Gasteiger partial charge in [-0.2, -0.15) is 47.4 Å². The summed E-state index contributed by atoms with van der Waals surface area (Å²) in [6.45, 7) is 1.07. The number of hydrogen-bond donors (Lipinski definition) is 1. The molecular weight excluding hydrogens is 550 g/mol. The first-order valence-corrected chi connectivity index (χ1v) is 13.3. The van der Waals surface area contributed by atoms with Crippen LogP contribution in [0.15, 0.2) is 30.3 Å². The van der Waals surface area contributed by atoms with E-state index in [2.05, 4.69) is 0 Å². The summed E-state index contributed by atoms with van der Waals surface area (Å²) in [5.74, 6) is 0. The Morgan fingerprint density at radius 2 is 1.02 bits per heavy atom. The minimum atomic E-state index is -4.34. The van der Waals surface area contributed by atoms with E-state index in [9.17, 15) is 26.3 Å². The number of alkyl halides is 6. The molecule has 0 fully saturated rings. The summed E-state index contributed by atoms with van der Waals surface area (Å²) < 4.78 is 78.5. The monoisotopic (exact) mass is 586 g/mol. The van der Waals surface area contributed by atoms with Gasteiger partial charge in [-0.3, -0.25) is 0 Å². The number of nitriles is 4. The molecule has 0 amide bonds. The zero-order valence-electron chi connectivity index (χ0n) is 22.9. The third-order valence-corrected chi connectivity index (χ3v) is 6.29. The average molecular weight is 587 g/mol. The minimum absolute atomic E-state index is 0.00859. The lowest BCUT2D eigenvalue weighted by Crippen LogP contribution is -2.20. The predicted molar refractivity (Wildman–Crippen MR) is 138 cm³/mol. The summed E-state index contributed by atoms with van der Waals surface area (Å²) in [4.78, 5) is 0. The molecule has 0 saturated heterocycles. The van der Waals surface area contributed by atoms with Gasteiger partial charge in [-0.1, -0.05) is 56.0 Å². The molecule has 6 nitrogen and oxygen atoms in total. The van der Waals surface area contributed by atoms with Crippen molar-refractivity contribution in [3.05, 3.63) is 35.9 Å². The summed E-state index contributed by atoms with van der Waals surface area (Å²) in [5.41, 5.74) is -2.01. The normalized spacial score (nSPS) is 11.8. The van der Waals surface area contributed by atoms with Crippen LogP contribution < -0.4 is 0 Å². The minimum Gasteiger partial charge on any atom is -0.396 e. The molecule has 0 atom stereocenters. The van der Waals surface area contributed by atoms with E-state index < -0.39 is 48.9 Å². The Morgan fingerprint density at radius 1 is 0.585 bits per heavy atom. The molecule has 0 heterocycles. The summed E-state index contributed by atoms with van der Waals surface area (Å²) >= 11 is 0. The maximum Gasteiger partial charge on any atom is 0.389 e. The average Bonchev–Trinajstić information content (AvgIpc) is 2.94. The number of hydrogen-bond acceptors (Lipinski definition) is 6. The number of nitrogens with zero attached hydrogens (tertiary/aromatic N) is 4. The molecule has 1 aromatic rings. The van der Waals surface area contributed by atoms with Gasteiger partial charge in [0, 0.05) is 26.1 Å². The highest BCUT2D eigenvalue weighted by Crippen LogP contribution is 2.35. The van der Waals surface area contributed by atoms with Crippen LogP contribution in [0.2, 0.25) is 0 Å². The lowest BCUT2D eigenvalue weighted by Gasteiger charge is -2.19. The molecule has 0 aliphatic carbocycles. The Labute approximate surface area is 237 Å². The van der Waals surface area contributed by atoms with Crippen LogP contribution in [0.25, 0.3) is 0 Å². The van der Waals surface area contributed by atoms with Gasteiger partial charge >= 0.3 is 12.4 Å². The molecule has 226 valence electrons. The van der Waals surface area contributed by atoms with E-state index in [1.807, 2.05) is 30.3 Å². The van der Waals surface area contributed by atoms with Crippen LogP contribution in [-0.4, -0.2) is 30.7 Å². The Morgan fingerprint density at radius 3 is 1.41 bits per heavy atom. The lowest BCUT2D eigenvalue weighted by molar-refractivity contribution is -0.139. The first kappa shape index (κ1) is 37.7. The number of aliphatic hydroxyl groups excluding tert-OH is 1. The second kappa shape index (κ2) is 19.7. The molecule has 1 rings (SSSR count). The zero-order chi connectivity index (χ0) is 31.3. The zero-order valence-corrected chi connectivity index (χ0v) is 22.9. The smallest absolute Gasteiger partial charge is 0.389 e. The van der Waals surface area contributed by atoms with Gasteiger partial charge in [-0.15, -0.1) is 0 Å². The van der Waals surface area contributed by atoms with Crippen molar-refractivity contribution in [2.45, 2.75) is 96.0 Å². The molecule has 41 heavy (non-hydrogen) atoms. The number of ether oxygens (including phenoxy) is 1.